The molecule has 8 nitrogen and oxygen atoms in total. The second-order valence-corrected chi connectivity index (χ2v) is 6.86. The van der Waals surface area contributed by atoms with E-state index in [9.17, 15) is 25.2 Å². The maximum absolute atomic E-state index is 11.6. The quantitative estimate of drug-likeness (QED) is 0.492. The summed E-state index contributed by atoms with van der Waals surface area (Å²) in [6, 6.07) is 5.70. The monoisotopic (exact) mass is 391 g/mol. The fourth-order valence-electron chi connectivity index (χ4n) is 3.39. The third kappa shape index (κ3) is 4.36. The first-order valence-electron chi connectivity index (χ1n) is 9.17. The lowest BCUT2D eigenvalue weighted by molar-refractivity contribution is -0.258. The van der Waals surface area contributed by atoms with Crippen LogP contribution in [0.5, 0.6) is 5.75 Å². The zero-order chi connectivity index (χ0) is 20.3. The van der Waals surface area contributed by atoms with Gasteiger partial charge in [0.1, 0.15) is 35.9 Å². The standard InChI is InChI=1S/C20H25NO7/c1-11(23)21-17-19(26)18(25)16(10-22)28-20(17)27-15-8-3-2-7-14(15)12-5-4-6-13(24)9-12/h4-9,16-20,22,24-26H,2-3,10H2,1H3,(H,21,23). The highest BCUT2D eigenvalue weighted by atomic mass is 16.7. The average molecular weight is 391 g/mol. The first-order chi connectivity index (χ1) is 13.4. The predicted octanol–water partition coefficient (Wildman–Crippen LogP) is 0.414. The van der Waals surface area contributed by atoms with Crippen molar-refractivity contribution in [3.05, 3.63) is 47.7 Å². The molecule has 5 unspecified atom stereocenters. The number of nitrogens with one attached hydrogen (secondary N) is 1. The number of carbonyl (C=O) groups excluding carboxylic acids is 1. The molecule has 0 spiro atoms. The van der Waals surface area contributed by atoms with Gasteiger partial charge in [-0.15, -0.1) is 0 Å². The number of rotatable bonds is 5. The van der Waals surface area contributed by atoms with Crippen molar-refractivity contribution in [1.29, 1.82) is 0 Å². The Kier molecular flexibility index (Phi) is 6.35. The summed E-state index contributed by atoms with van der Waals surface area (Å²) in [6.45, 7) is 0.769. The summed E-state index contributed by atoms with van der Waals surface area (Å²) < 4.78 is 11.6. The van der Waals surface area contributed by atoms with Gasteiger partial charge in [0, 0.05) is 12.5 Å². The Morgan fingerprint density at radius 3 is 2.68 bits per heavy atom. The van der Waals surface area contributed by atoms with Crippen LogP contribution in [0.2, 0.25) is 0 Å². The van der Waals surface area contributed by atoms with Crippen LogP contribution < -0.4 is 5.32 Å². The smallest absolute Gasteiger partial charge is 0.223 e. The van der Waals surface area contributed by atoms with E-state index in [0.29, 0.717) is 5.76 Å². The molecule has 0 radical (unpaired) electrons. The van der Waals surface area contributed by atoms with Gasteiger partial charge in [-0.25, -0.2) is 0 Å². The summed E-state index contributed by atoms with van der Waals surface area (Å²) in [7, 11) is 0. The van der Waals surface area contributed by atoms with Gasteiger partial charge in [0.2, 0.25) is 12.2 Å². The van der Waals surface area contributed by atoms with Crippen LogP contribution in [0.15, 0.2) is 42.2 Å². The molecule has 1 heterocycles. The number of aliphatic hydroxyl groups excluding tert-OH is 3. The highest BCUT2D eigenvalue weighted by molar-refractivity contribution is 5.78. The SMILES string of the molecule is CC(=O)NC1C(OC2=CCCC=C2c2cccc(O)c2)OC(CO)C(O)C1O. The van der Waals surface area contributed by atoms with E-state index in [1.807, 2.05) is 18.2 Å². The lowest BCUT2D eigenvalue weighted by Crippen LogP contribution is -2.64. The molecule has 152 valence electrons. The number of carbonyl (C=O) groups is 1. The van der Waals surface area contributed by atoms with Gasteiger partial charge in [-0.3, -0.25) is 4.79 Å². The first kappa shape index (κ1) is 20.3. The maximum Gasteiger partial charge on any atom is 0.223 e. The number of phenolic OH excluding ortho intramolecular Hbond substituents is 1. The summed E-state index contributed by atoms with van der Waals surface area (Å²) in [5, 5.41) is 42.3. The zero-order valence-corrected chi connectivity index (χ0v) is 15.5. The Morgan fingerprint density at radius 1 is 1.25 bits per heavy atom. The van der Waals surface area contributed by atoms with E-state index in [2.05, 4.69) is 5.32 Å². The van der Waals surface area contributed by atoms with Crippen molar-refractivity contribution >= 4 is 11.5 Å². The first-order valence-corrected chi connectivity index (χ1v) is 9.17. The number of hydrogen-bond acceptors (Lipinski definition) is 7. The molecule has 5 N–H and O–H groups in total. The molecule has 1 fully saturated rings. The summed E-state index contributed by atoms with van der Waals surface area (Å²) in [5.41, 5.74) is 1.49. The number of aliphatic hydroxyl groups is 3. The molecule has 3 rings (SSSR count). The third-order valence-electron chi connectivity index (χ3n) is 4.76. The van der Waals surface area contributed by atoms with Gasteiger partial charge in [-0.05, 0) is 36.6 Å². The topological polar surface area (TPSA) is 128 Å². The Labute approximate surface area is 162 Å². The summed E-state index contributed by atoms with van der Waals surface area (Å²) in [4.78, 5) is 11.6. The minimum atomic E-state index is -1.38. The summed E-state index contributed by atoms with van der Waals surface area (Å²) >= 11 is 0. The Balaban J connectivity index is 1.86. The minimum absolute atomic E-state index is 0.118. The zero-order valence-electron chi connectivity index (χ0n) is 15.5. The van der Waals surface area contributed by atoms with E-state index >= 15 is 0 Å². The van der Waals surface area contributed by atoms with Crippen molar-refractivity contribution in [2.75, 3.05) is 6.61 Å². The summed E-state index contributed by atoms with van der Waals surface area (Å²) in [6.07, 6.45) is 0.420. The molecule has 5 atom stereocenters. The molecular formula is C20H25NO7. The van der Waals surface area contributed by atoms with E-state index in [4.69, 9.17) is 9.47 Å². The molecule has 0 bridgehead atoms. The van der Waals surface area contributed by atoms with Crippen molar-refractivity contribution in [1.82, 2.24) is 5.32 Å². The molecule has 2 aliphatic rings. The molecular weight excluding hydrogens is 366 g/mol. The number of allylic oxidation sites excluding steroid dienone is 3. The molecule has 1 aromatic carbocycles. The van der Waals surface area contributed by atoms with E-state index < -0.39 is 43.2 Å². The van der Waals surface area contributed by atoms with Crippen LogP contribution >= 0.6 is 0 Å². The number of ether oxygens (including phenoxy) is 2. The number of phenols is 1. The van der Waals surface area contributed by atoms with E-state index in [1.54, 1.807) is 18.2 Å². The van der Waals surface area contributed by atoms with Crippen LogP contribution in [0.25, 0.3) is 5.57 Å². The van der Waals surface area contributed by atoms with Crippen LogP contribution in [-0.2, 0) is 14.3 Å². The lowest BCUT2D eigenvalue weighted by atomic mass is 9.95. The lowest BCUT2D eigenvalue weighted by Gasteiger charge is -2.42. The van der Waals surface area contributed by atoms with Crippen molar-refractivity contribution < 1.29 is 34.7 Å². The molecule has 28 heavy (non-hydrogen) atoms. The van der Waals surface area contributed by atoms with Gasteiger partial charge in [0.05, 0.1) is 6.61 Å². The Morgan fingerprint density at radius 2 is 2.00 bits per heavy atom. The van der Waals surface area contributed by atoms with Gasteiger partial charge in [-0.1, -0.05) is 18.2 Å². The molecule has 8 heteroatoms. The molecule has 1 saturated heterocycles. The minimum Gasteiger partial charge on any atom is -0.508 e. The second-order valence-electron chi connectivity index (χ2n) is 6.86. The molecule has 1 aromatic rings. The van der Waals surface area contributed by atoms with E-state index in [1.165, 1.54) is 6.92 Å². The van der Waals surface area contributed by atoms with Crippen LogP contribution in [0.1, 0.15) is 25.3 Å². The maximum atomic E-state index is 11.6. The number of amides is 1. The van der Waals surface area contributed by atoms with Crippen molar-refractivity contribution in [2.24, 2.45) is 0 Å². The predicted molar refractivity (Wildman–Crippen MR) is 99.9 cm³/mol. The normalized spacial score (nSPS) is 30.2. The molecule has 1 amide bonds. The van der Waals surface area contributed by atoms with Gasteiger partial charge in [-0.2, -0.15) is 0 Å². The van der Waals surface area contributed by atoms with Gasteiger partial charge in [0.25, 0.3) is 0 Å². The second kappa shape index (κ2) is 8.74. The van der Waals surface area contributed by atoms with Gasteiger partial charge >= 0.3 is 0 Å². The van der Waals surface area contributed by atoms with E-state index in [-0.39, 0.29) is 5.75 Å². The largest absolute Gasteiger partial charge is 0.508 e. The molecule has 0 aromatic heterocycles. The summed E-state index contributed by atoms with van der Waals surface area (Å²) in [5.74, 6) is 0.169. The highest BCUT2D eigenvalue weighted by Crippen LogP contribution is 2.33. The van der Waals surface area contributed by atoms with Crippen LogP contribution in [-0.4, -0.2) is 63.6 Å². The Hall–Kier alpha value is -2.39. The van der Waals surface area contributed by atoms with Crippen molar-refractivity contribution in [2.45, 2.75) is 50.4 Å². The van der Waals surface area contributed by atoms with Crippen LogP contribution in [0.4, 0.5) is 0 Å². The molecule has 1 aliphatic carbocycles. The highest BCUT2D eigenvalue weighted by Gasteiger charge is 2.46. The molecule has 1 aliphatic heterocycles. The van der Waals surface area contributed by atoms with Gasteiger partial charge in [0.15, 0.2) is 0 Å². The Bertz CT molecular complexity index is 776. The van der Waals surface area contributed by atoms with Crippen LogP contribution in [0.3, 0.4) is 0 Å². The number of aromatic hydroxyl groups is 1. The number of benzene rings is 1. The van der Waals surface area contributed by atoms with Crippen molar-refractivity contribution in [3.8, 4) is 5.75 Å². The van der Waals surface area contributed by atoms with Gasteiger partial charge < -0.3 is 35.2 Å². The third-order valence-corrected chi connectivity index (χ3v) is 4.76. The average Bonchev–Trinajstić information content (AvgIpc) is 2.67. The van der Waals surface area contributed by atoms with E-state index in [0.717, 1.165) is 24.0 Å². The fourth-order valence-corrected chi connectivity index (χ4v) is 3.39. The van der Waals surface area contributed by atoms with Crippen molar-refractivity contribution in [3.63, 3.8) is 0 Å². The molecule has 0 saturated carbocycles. The number of hydrogen-bond donors (Lipinski definition) is 5. The fraction of sp³-hybridized carbons (Fsp3) is 0.450. The van der Waals surface area contributed by atoms with Crippen LogP contribution in [0, 0.1) is 0 Å².